The van der Waals surface area contributed by atoms with E-state index in [1.54, 1.807) is 12.1 Å². The molecule has 1 saturated heterocycles. The van der Waals surface area contributed by atoms with Crippen LogP contribution in [0, 0.1) is 0 Å². The number of aromatic nitrogens is 1. The Labute approximate surface area is 128 Å². The van der Waals surface area contributed by atoms with Gasteiger partial charge in [0.05, 0.1) is 21.8 Å². The Morgan fingerprint density at radius 1 is 1.15 bits per heavy atom. The number of nitrogen functional groups attached to an aromatic ring is 1. The average molecular weight is 308 g/mol. The van der Waals surface area contributed by atoms with Gasteiger partial charge in [-0.3, -0.25) is 4.98 Å². The fourth-order valence-electron chi connectivity index (χ4n) is 2.83. The number of halogens is 2. The molecule has 1 aliphatic rings. The molecule has 1 unspecified atom stereocenters. The summed E-state index contributed by atoms with van der Waals surface area (Å²) in [4.78, 5) is 6.34. The van der Waals surface area contributed by atoms with Gasteiger partial charge in [0.2, 0.25) is 0 Å². The minimum Gasteiger partial charge on any atom is -0.399 e. The SMILES string of the molecule is Nc1cc(Cl)c(N2CCCC2c2ccncc2)c(Cl)c1. The standard InChI is InChI=1S/C15H15Cl2N3/c16-12-8-11(18)9-13(17)15(12)20-7-1-2-14(20)10-3-5-19-6-4-10/h3-6,8-9,14H,1-2,7,18H2. The summed E-state index contributed by atoms with van der Waals surface area (Å²) in [6, 6.07) is 7.89. The van der Waals surface area contributed by atoms with Gasteiger partial charge in [0.1, 0.15) is 0 Å². The molecular weight excluding hydrogens is 293 g/mol. The lowest BCUT2D eigenvalue weighted by molar-refractivity contribution is 0.718. The topological polar surface area (TPSA) is 42.1 Å². The molecule has 1 atom stereocenters. The smallest absolute Gasteiger partial charge is 0.0751 e. The quantitative estimate of drug-likeness (QED) is 0.841. The summed E-state index contributed by atoms with van der Waals surface area (Å²) < 4.78 is 0. The summed E-state index contributed by atoms with van der Waals surface area (Å²) in [5.74, 6) is 0. The van der Waals surface area contributed by atoms with E-state index in [-0.39, 0.29) is 6.04 Å². The van der Waals surface area contributed by atoms with E-state index < -0.39 is 0 Å². The first-order valence-electron chi connectivity index (χ1n) is 6.58. The van der Waals surface area contributed by atoms with Crippen LogP contribution in [-0.4, -0.2) is 11.5 Å². The number of hydrogen-bond donors (Lipinski definition) is 1. The van der Waals surface area contributed by atoms with Crippen LogP contribution in [0.25, 0.3) is 0 Å². The van der Waals surface area contributed by atoms with Crippen molar-refractivity contribution in [3.63, 3.8) is 0 Å². The Balaban J connectivity index is 2.01. The Morgan fingerprint density at radius 2 is 1.80 bits per heavy atom. The normalized spacial score (nSPS) is 18.5. The third-order valence-electron chi connectivity index (χ3n) is 3.67. The molecule has 1 aliphatic heterocycles. The highest BCUT2D eigenvalue weighted by Gasteiger charge is 2.29. The lowest BCUT2D eigenvalue weighted by Crippen LogP contribution is -2.23. The zero-order valence-corrected chi connectivity index (χ0v) is 12.4. The second-order valence-electron chi connectivity index (χ2n) is 4.97. The van der Waals surface area contributed by atoms with Crippen molar-refractivity contribution in [3.8, 4) is 0 Å². The van der Waals surface area contributed by atoms with E-state index in [9.17, 15) is 0 Å². The van der Waals surface area contributed by atoms with Gasteiger partial charge >= 0.3 is 0 Å². The second kappa shape index (κ2) is 5.51. The third-order valence-corrected chi connectivity index (χ3v) is 4.25. The van der Waals surface area contributed by atoms with Gasteiger partial charge in [0.25, 0.3) is 0 Å². The molecule has 0 spiro atoms. The maximum Gasteiger partial charge on any atom is 0.0751 e. The first-order valence-corrected chi connectivity index (χ1v) is 7.33. The second-order valence-corrected chi connectivity index (χ2v) is 5.78. The molecule has 3 rings (SSSR count). The predicted molar refractivity (Wildman–Crippen MR) is 84.4 cm³/mol. The van der Waals surface area contributed by atoms with Gasteiger partial charge in [-0.15, -0.1) is 0 Å². The number of benzene rings is 1. The summed E-state index contributed by atoms with van der Waals surface area (Å²) in [6.45, 7) is 0.941. The van der Waals surface area contributed by atoms with E-state index in [2.05, 4.69) is 9.88 Å². The van der Waals surface area contributed by atoms with Crippen LogP contribution in [0.3, 0.4) is 0 Å². The van der Waals surface area contributed by atoms with Gasteiger partial charge in [-0.05, 0) is 42.7 Å². The molecule has 1 aromatic carbocycles. The monoisotopic (exact) mass is 307 g/mol. The average Bonchev–Trinajstić information content (AvgIpc) is 2.87. The van der Waals surface area contributed by atoms with Gasteiger partial charge < -0.3 is 10.6 Å². The fourth-order valence-corrected chi connectivity index (χ4v) is 3.55. The van der Waals surface area contributed by atoms with Crippen LogP contribution >= 0.6 is 23.2 Å². The van der Waals surface area contributed by atoms with Crippen LogP contribution in [0.4, 0.5) is 11.4 Å². The molecule has 5 heteroatoms. The lowest BCUT2D eigenvalue weighted by Gasteiger charge is -2.29. The van der Waals surface area contributed by atoms with Crippen LogP contribution in [0.2, 0.25) is 10.0 Å². The van der Waals surface area contributed by atoms with Gasteiger partial charge in [0.15, 0.2) is 0 Å². The summed E-state index contributed by atoms with van der Waals surface area (Å²) in [6.07, 6.45) is 5.83. The third kappa shape index (κ3) is 2.43. The molecule has 2 heterocycles. The van der Waals surface area contributed by atoms with Crippen molar-refractivity contribution in [1.29, 1.82) is 0 Å². The predicted octanol–water partition coefficient (Wildman–Crippen LogP) is 4.31. The minimum absolute atomic E-state index is 0.289. The van der Waals surface area contributed by atoms with Crippen molar-refractivity contribution in [1.82, 2.24) is 4.98 Å². The van der Waals surface area contributed by atoms with Crippen molar-refractivity contribution in [2.75, 3.05) is 17.2 Å². The molecule has 2 aromatic rings. The van der Waals surface area contributed by atoms with Crippen molar-refractivity contribution in [2.45, 2.75) is 18.9 Å². The lowest BCUT2D eigenvalue weighted by atomic mass is 10.1. The number of pyridine rings is 1. The first-order chi connectivity index (χ1) is 9.66. The van der Waals surface area contributed by atoms with Gasteiger partial charge in [-0.1, -0.05) is 23.2 Å². The Kier molecular flexibility index (Phi) is 3.72. The number of anilines is 2. The maximum absolute atomic E-state index is 6.35. The van der Waals surface area contributed by atoms with Crippen LogP contribution in [0.1, 0.15) is 24.4 Å². The number of nitrogens with two attached hydrogens (primary N) is 1. The highest BCUT2D eigenvalue weighted by molar-refractivity contribution is 6.39. The molecule has 20 heavy (non-hydrogen) atoms. The molecule has 0 amide bonds. The highest BCUT2D eigenvalue weighted by atomic mass is 35.5. The van der Waals surface area contributed by atoms with E-state index in [4.69, 9.17) is 28.9 Å². The molecule has 1 fully saturated rings. The van der Waals surface area contributed by atoms with E-state index in [1.807, 2.05) is 24.5 Å². The van der Waals surface area contributed by atoms with Gasteiger partial charge in [0, 0.05) is 24.6 Å². The van der Waals surface area contributed by atoms with Gasteiger partial charge in [-0.2, -0.15) is 0 Å². The van der Waals surface area contributed by atoms with E-state index >= 15 is 0 Å². The van der Waals surface area contributed by atoms with Crippen LogP contribution in [0.5, 0.6) is 0 Å². The Morgan fingerprint density at radius 3 is 2.45 bits per heavy atom. The zero-order chi connectivity index (χ0) is 14.1. The molecule has 0 radical (unpaired) electrons. The summed E-state index contributed by atoms with van der Waals surface area (Å²) in [7, 11) is 0. The molecule has 1 aromatic heterocycles. The largest absolute Gasteiger partial charge is 0.399 e. The van der Waals surface area contributed by atoms with E-state index in [1.165, 1.54) is 5.56 Å². The Hall–Kier alpha value is -1.45. The molecule has 2 N–H and O–H groups in total. The number of hydrogen-bond acceptors (Lipinski definition) is 3. The molecular formula is C15H15Cl2N3. The molecule has 0 aliphatic carbocycles. The van der Waals surface area contributed by atoms with Crippen LogP contribution in [0.15, 0.2) is 36.7 Å². The van der Waals surface area contributed by atoms with Gasteiger partial charge in [-0.25, -0.2) is 0 Å². The number of nitrogens with zero attached hydrogens (tertiary/aromatic N) is 2. The van der Waals surface area contributed by atoms with Crippen molar-refractivity contribution in [2.24, 2.45) is 0 Å². The molecule has 0 bridgehead atoms. The van der Waals surface area contributed by atoms with E-state index in [0.717, 1.165) is 25.1 Å². The minimum atomic E-state index is 0.289. The van der Waals surface area contributed by atoms with Crippen molar-refractivity contribution >= 4 is 34.6 Å². The molecule has 3 nitrogen and oxygen atoms in total. The summed E-state index contributed by atoms with van der Waals surface area (Å²) in [5, 5.41) is 1.21. The number of rotatable bonds is 2. The highest BCUT2D eigenvalue weighted by Crippen LogP contribution is 2.43. The summed E-state index contributed by atoms with van der Waals surface area (Å²) >= 11 is 12.7. The first kappa shape index (κ1) is 13.5. The zero-order valence-electron chi connectivity index (χ0n) is 10.9. The maximum atomic E-state index is 6.35. The van der Waals surface area contributed by atoms with Crippen LogP contribution < -0.4 is 10.6 Å². The van der Waals surface area contributed by atoms with Crippen molar-refractivity contribution in [3.05, 3.63) is 52.3 Å². The van der Waals surface area contributed by atoms with Crippen molar-refractivity contribution < 1.29 is 0 Å². The summed E-state index contributed by atoms with van der Waals surface area (Å²) in [5.41, 5.74) is 8.48. The van der Waals surface area contributed by atoms with E-state index in [0.29, 0.717) is 15.7 Å². The van der Waals surface area contributed by atoms with Crippen LogP contribution in [-0.2, 0) is 0 Å². The molecule has 0 saturated carbocycles. The fraction of sp³-hybridized carbons (Fsp3) is 0.267. The molecule has 104 valence electrons. The Bertz CT molecular complexity index is 593.